The maximum Gasteiger partial charge on any atom is 0.232 e. The van der Waals surface area contributed by atoms with Gasteiger partial charge in [-0.25, -0.2) is 0 Å². The smallest absolute Gasteiger partial charge is 0.232 e. The highest BCUT2D eigenvalue weighted by Crippen LogP contribution is 2.37. The second-order valence-electron chi connectivity index (χ2n) is 4.46. The third-order valence-corrected chi connectivity index (χ3v) is 7.27. The molecule has 2 fully saturated rings. The van der Waals surface area contributed by atoms with Gasteiger partial charge in [0.25, 0.3) is 0 Å². The van der Waals surface area contributed by atoms with Crippen molar-refractivity contribution < 1.29 is 4.52 Å². The van der Waals surface area contributed by atoms with Crippen molar-refractivity contribution in [2.75, 3.05) is 35.8 Å². The van der Waals surface area contributed by atoms with Crippen LogP contribution < -0.4 is 5.32 Å². The number of aromatic nitrogens is 2. The van der Waals surface area contributed by atoms with Crippen molar-refractivity contribution in [1.82, 2.24) is 15.5 Å². The van der Waals surface area contributed by atoms with E-state index in [-0.39, 0.29) is 0 Å². The summed E-state index contributed by atoms with van der Waals surface area (Å²) in [5.41, 5.74) is 0. The Morgan fingerprint density at radius 2 is 2.17 bits per heavy atom. The highest BCUT2D eigenvalue weighted by molar-refractivity contribution is 8.06. The summed E-state index contributed by atoms with van der Waals surface area (Å²) in [6, 6.07) is 0.469. The topological polar surface area (TPSA) is 51.0 Å². The molecule has 0 saturated carbocycles. The third-order valence-electron chi connectivity index (χ3n) is 3.33. The number of nitrogens with one attached hydrogen (secondary N) is 1. The number of nitrogens with zero attached hydrogens (tertiary/aromatic N) is 2. The molecule has 2 aliphatic rings. The second-order valence-corrected chi connectivity index (χ2v) is 8.00. The first-order chi connectivity index (χ1) is 8.88. The molecule has 3 atom stereocenters. The highest BCUT2D eigenvalue weighted by atomic mass is 32.2. The summed E-state index contributed by atoms with van der Waals surface area (Å²) in [7, 11) is 2.01. The fraction of sp³-hybridized carbons (Fsp3) is 0.818. The van der Waals surface area contributed by atoms with Gasteiger partial charge in [-0.05, 0) is 7.05 Å². The molecule has 100 valence electrons. The van der Waals surface area contributed by atoms with E-state index in [1.165, 1.54) is 11.5 Å². The lowest BCUT2D eigenvalue weighted by molar-refractivity contribution is 0.340. The first kappa shape index (κ1) is 13.1. The average molecular weight is 303 g/mol. The maximum absolute atomic E-state index is 5.50. The summed E-state index contributed by atoms with van der Waals surface area (Å²) >= 11 is 5.89. The van der Waals surface area contributed by atoms with Crippen molar-refractivity contribution in [3.8, 4) is 0 Å². The van der Waals surface area contributed by atoms with Gasteiger partial charge in [-0.1, -0.05) is 5.16 Å². The van der Waals surface area contributed by atoms with Crippen molar-refractivity contribution in [3.63, 3.8) is 0 Å². The Morgan fingerprint density at radius 1 is 1.22 bits per heavy atom. The van der Waals surface area contributed by atoms with E-state index < -0.39 is 0 Å². The quantitative estimate of drug-likeness (QED) is 0.916. The Balaban J connectivity index is 1.72. The van der Waals surface area contributed by atoms with Crippen LogP contribution in [-0.4, -0.2) is 52.0 Å². The van der Waals surface area contributed by atoms with Gasteiger partial charge in [0.1, 0.15) is 0 Å². The first-order valence-corrected chi connectivity index (χ1v) is 9.52. The SMILES string of the molecule is CNC1CSCC1c1nc(C2CSCCS2)no1. The van der Waals surface area contributed by atoms with Crippen molar-refractivity contribution in [3.05, 3.63) is 11.7 Å². The zero-order valence-corrected chi connectivity index (χ0v) is 12.7. The van der Waals surface area contributed by atoms with E-state index in [0.717, 1.165) is 29.0 Å². The van der Waals surface area contributed by atoms with Gasteiger partial charge >= 0.3 is 0 Å². The largest absolute Gasteiger partial charge is 0.339 e. The number of hydrogen-bond donors (Lipinski definition) is 1. The Morgan fingerprint density at radius 3 is 2.94 bits per heavy atom. The van der Waals surface area contributed by atoms with Crippen LogP contribution in [-0.2, 0) is 0 Å². The van der Waals surface area contributed by atoms with Gasteiger partial charge < -0.3 is 9.84 Å². The van der Waals surface area contributed by atoms with E-state index in [1.54, 1.807) is 0 Å². The molecule has 1 aromatic heterocycles. The van der Waals surface area contributed by atoms with Crippen LogP contribution >= 0.6 is 35.3 Å². The summed E-state index contributed by atoms with van der Waals surface area (Å²) in [4.78, 5) is 4.65. The average Bonchev–Trinajstić information content (AvgIpc) is 3.08. The summed E-state index contributed by atoms with van der Waals surface area (Å²) in [5, 5.41) is 7.96. The van der Waals surface area contributed by atoms with Crippen molar-refractivity contribution in [2.45, 2.75) is 17.2 Å². The lowest BCUT2D eigenvalue weighted by Gasteiger charge is -2.17. The number of rotatable bonds is 3. The van der Waals surface area contributed by atoms with Crippen LogP contribution in [0.25, 0.3) is 0 Å². The minimum Gasteiger partial charge on any atom is -0.339 e. The minimum atomic E-state index is 0.377. The molecular formula is C11H17N3OS3. The van der Waals surface area contributed by atoms with Crippen LogP contribution in [0.5, 0.6) is 0 Å². The molecule has 2 aliphatic heterocycles. The lowest BCUT2D eigenvalue weighted by Crippen LogP contribution is -2.31. The standard InChI is InChI=1S/C11H17N3OS3/c1-12-8-5-17-4-7(8)11-13-10(14-15-11)9-6-16-2-3-18-9/h7-9,12H,2-6H2,1H3. The van der Waals surface area contributed by atoms with E-state index in [0.29, 0.717) is 17.2 Å². The monoisotopic (exact) mass is 303 g/mol. The summed E-state index contributed by atoms with van der Waals surface area (Å²) in [6.07, 6.45) is 0. The van der Waals surface area contributed by atoms with Crippen LogP contribution in [0.15, 0.2) is 4.52 Å². The molecule has 0 radical (unpaired) electrons. The molecule has 2 saturated heterocycles. The van der Waals surface area contributed by atoms with Crippen LogP contribution in [0, 0.1) is 0 Å². The van der Waals surface area contributed by atoms with Crippen molar-refractivity contribution in [2.24, 2.45) is 0 Å². The Labute approximate surface area is 120 Å². The normalized spacial score (nSPS) is 32.8. The number of thioether (sulfide) groups is 3. The van der Waals surface area contributed by atoms with E-state index in [4.69, 9.17) is 4.52 Å². The zero-order chi connectivity index (χ0) is 12.4. The Kier molecular flexibility index (Phi) is 4.43. The summed E-state index contributed by atoms with van der Waals surface area (Å²) in [5.74, 6) is 7.86. The molecule has 0 aromatic carbocycles. The fourth-order valence-electron chi connectivity index (χ4n) is 2.25. The molecule has 0 spiro atoms. The van der Waals surface area contributed by atoms with Crippen LogP contribution in [0.3, 0.4) is 0 Å². The molecule has 4 nitrogen and oxygen atoms in total. The molecule has 3 heterocycles. The van der Waals surface area contributed by atoms with Crippen molar-refractivity contribution in [1.29, 1.82) is 0 Å². The van der Waals surface area contributed by atoms with Crippen LogP contribution in [0.1, 0.15) is 22.9 Å². The molecule has 7 heteroatoms. The highest BCUT2D eigenvalue weighted by Gasteiger charge is 2.33. The fourth-order valence-corrected chi connectivity index (χ4v) is 6.25. The van der Waals surface area contributed by atoms with Gasteiger partial charge in [0.05, 0.1) is 11.2 Å². The van der Waals surface area contributed by atoms with E-state index in [2.05, 4.69) is 15.5 Å². The first-order valence-electron chi connectivity index (χ1n) is 6.16. The Hall–Kier alpha value is 0.150. The van der Waals surface area contributed by atoms with E-state index in [1.807, 2.05) is 42.3 Å². The number of hydrogen-bond acceptors (Lipinski definition) is 7. The van der Waals surface area contributed by atoms with E-state index >= 15 is 0 Å². The van der Waals surface area contributed by atoms with Gasteiger partial charge in [0, 0.05) is 34.8 Å². The summed E-state index contributed by atoms with van der Waals surface area (Å²) in [6.45, 7) is 0. The molecule has 18 heavy (non-hydrogen) atoms. The maximum atomic E-state index is 5.50. The van der Waals surface area contributed by atoms with Gasteiger partial charge in [-0.3, -0.25) is 0 Å². The zero-order valence-electron chi connectivity index (χ0n) is 10.3. The molecule has 0 bridgehead atoms. The Bertz CT molecular complexity index is 395. The molecule has 0 amide bonds. The molecule has 3 unspecified atom stereocenters. The molecule has 3 rings (SSSR count). The number of likely N-dealkylation sites (N-methyl/N-ethyl adjacent to an activating group) is 1. The van der Waals surface area contributed by atoms with Gasteiger partial charge in [0.2, 0.25) is 5.89 Å². The van der Waals surface area contributed by atoms with Crippen LogP contribution in [0.2, 0.25) is 0 Å². The van der Waals surface area contributed by atoms with Crippen molar-refractivity contribution >= 4 is 35.3 Å². The van der Waals surface area contributed by atoms with Crippen LogP contribution in [0.4, 0.5) is 0 Å². The minimum absolute atomic E-state index is 0.377. The van der Waals surface area contributed by atoms with E-state index in [9.17, 15) is 0 Å². The molecule has 0 aliphatic carbocycles. The third kappa shape index (κ3) is 2.69. The molecular weight excluding hydrogens is 286 g/mol. The molecule has 1 N–H and O–H groups in total. The van der Waals surface area contributed by atoms with Gasteiger partial charge in [-0.15, -0.1) is 11.8 Å². The van der Waals surface area contributed by atoms with Gasteiger partial charge in [-0.2, -0.15) is 28.5 Å². The lowest BCUT2D eigenvalue weighted by atomic mass is 10.0. The second kappa shape index (κ2) is 6.07. The molecule has 1 aromatic rings. The summed E-state index contributed by atoms with van der Waals surface area (Å²) < 4.78 is 5.50. The predicted molar refractivity (Wildman–Crippen MR) is 79.7 cm³/mol. The van der Waals surface area contributed by atoms with Gasteiger partial charge in [0.15, 0.2) is 5.82 Å². The predicted octanol–water partition coefficient (Wildman–Crippen LogP) is 2.01.